The molecule has 0 atom stereocenters. The van der Waals surface area contributed by atoms with Crippen molar-refractivity contribution in [3.63, 3.8) is 0 Å². The van der Waals surface area contributed by atoms with Gasteiger partial charge in [0.1, 0.15) is 0 Å². The lowest BCUT2D eigenvalue weighted by molar-refractivity contribution is -0.911. The predicted octanol–water partition coefficient (Wildman–Crippen LogP) is 3.00. The molecule has 3 N–H and O–H groups in total. The highest BCUT2D eigenvalue weighted by atomic mass is 16.5. The van der Waals surface area contributed by atoms with Gasteiger partial charge in [-0.05, 0) is 68.2 Å². The third-order valence-corrected chi connectivity index (χ3v) is 7.16. The third-order valence-electron chi connectivity index (χ3n) is 7.16. The van der Waals surface area contributed by atoms with Gasteiger partial charge in [-0.25, -0.2) is 0 Å². The Morgan fingerprint density at radius 1 is 0.828 bits per heavy atom. The molecule has 0 aliphatic carbocycles. The van der Waals surface area contributed by atoms with E-state index in [1.54, 1.807) is 0 Å². The van der Waals surface area contributed by atoms with Gasteiger partial charge in [0.05, 0.1) is 20.1 Å². The summed E-state index contributed by atoms with van der Waals surface area (Å²) in [6.45, 7) is 16.7. The molecular weight excluding hydrogens is 368 g/mol. The summed E-state index contributed by atoms with van der Waals surface area (Å²) in [5.41, 5.74) is -1.43. The van der Waals surface area contributed by atoms with Crippen LogP contribution >= 0.6 is 0 Å². The Hall–Kier alpha value is -0.730. The number of rotatable bonds is 4. The standard InChI is InChI=1S/C22H44N4O3/c1-19(2)11-16(12-20(3,4)24(19)28)23-18(27)15-26(9,10)17-13-21(5,6)25(29)22(7,8)14-17/h16-17,28-29H,11-15H2,1-10H3/p+1. The van der Waals surface area contributed by atoms with E-state index in [1.165, 1.54) is 10.1 Å². The maximum absolute atomic E-state index is 13.0. The summed E-state index contributed by atoms with van der Waals surface area (Å²) in [4.78, 5) is 13.0. The SMILES string of the molecule is CC1(C)CC(NC(=O)C[N+](C)(C)C2CC(C)(C)N(O)C(C)(C)C2)CC(C)(C)N1O. The van der Waals surface area contributed by atoms with Gasteiger partial charge in [0.15, 0.2) is 6.54 Å². The van der Waals surface area contributed by atoms with Crippen LogP contribution in [0.1, 0.15) is 81.1 Å². The monoisotopic (exact) mass is 413 g/mol. The first-order valence-corrected chi connectivity index (χ1v) is 10.9. The molecule has 0 spiro atoms. The van der Waals surface area contributed by atoms with E-state index in [4.69, 9.17) is 0 Å². The summed E-state index contributed by atoms with van der Waals surface area (Å²) >= 11 is 0. The molecule has 0 saturated carbocycles. The van der Waals surface area contributed by atoms with Crippen LogP contribution in [0.2, 0.25) is 0 Å². The number of nitrogens with one attached hydrogen (secondary N) is 1. The molecule has 2 fully saturated rings. The van der Waals surface area contributed by atoms with Crippen LogP contribution in [0.4, 0.5) is 0 Å². The number of likely N-dealkylation sites (N-methyl/N-ethyl adjacent to an activating group) is 1. The zero-order valence-electron chi connectivity index (χ0n) is 20.3. The molecule has 0 radical (unpaired) electrons. The van der Waals surface area contributed by atoms with Gasteiger partial charge in [-0.2, -0.15) is 10.1 Å². The highest BCUT2D eigenvalue weighted by molar-refractivity contribution is 5.77. The molecule has 29 heavy (non-hydrogen) atoms. The van der Waals surface area contributed by atoms with Crippen molar-refractivity contribution in [2.75, 3.05) is 20.6 Å². The fraction of sp³-hybridized carbons (Fsp3) is 0.955. The van der Waals surface area contributed by atoms with Gasteiger partial charge >= 0.3 is 0 Å². The molecule has 0 aromatic rings. The molecule has 2 heterocycles. The topological polar surface area (TPSA) is 76.0 Å². The molecule has 2 aliphatic rings. The van der Waals surface area contributed by atoms with Crippen molar-refractivity contribution < 1.29 is 19.7 Å². The van der Waals surface area contributed by atoms with E-state index in [0.29, 0.717) is 11.0 Å². The normalized spacial score (nSPS) is 28.3. The molecule has 7 nitrogen and oxygen atoms in total. The maximum atomic E-state index is 13.0. The number of hydrogen-bond acceptors (Lipinski definition) is 5. The number of quaternary nitrogens is 1. The molecule has 170 valence electrons. The molecule has 7 heteroatoms. The Morgan fingerprint density at radius 2 is 1.17 bits per heavy atom. The van der Waals surface area contributed by atoms with Gasteiger partial charge in [0, 0.05) is 41.0 Å². The zero-order valence-corrected chi connectivity index (χ0v) is 20.3. The number of hydrogen-bond donors (Lipinski definition) is 3. The van der Waals surface area contributed by atoms with Crippen molar-refractivity contribution in [2.24, 2.45) is 0 Å². The number of carbonyl (C=O) groups is 1. The Bertz CT molecular complexity index is 592. The predicted molar refractivity (Wildman–Crippen MR) is 115 cm³/mol. The van der Waals surface area contributed by atoms with E-state index in [1.807, 2.05) is 27.7 Å². The first-order chi connectivity index (χ1) is 12.8. The van der Waals surface area contributed by atoms with Gasteiger partial charge < -0.3 is 20.2 Å². The lowest BCUT2D eigenvalue weighted by Crippen LogP contribution is -2.67. The van der Waals surface area contributed by atoms with Crippen LogP contribution in [0.15, 0.2) is 0 Å². The molecule has 0 unspecified atom stereocenters. The molecular formula is C22H45N4O3+. The van der Waals surface area contributed by atoms with Crippen LogP contribution in [-0.2, 0) is 4.79 Å². The van der Waals surface area contributed by atoms with Crippen molar-refractivity contribution in [3.8, 4) is 0 Å². The Morgan fingerprint density at radius 3 is 1.55 bits per heavy atom. The average Bonchev–Trinajstić information content (AvgIpc) is 2.48. The molecule has 0 bridgehead atoms. The largest absolute Gasteiger partial charge is 0.348 e. The van der Waals surface area contributed by atoms with Gasteiger partial charge in [0.2, 0.25) is 0 Å². The Balaban J connectivity index is 2.06. The van der Waals surface area contributed by atoms with Gasteiger partial charge in [-0.3, -0.25) is 4.79 Å². The number of piperidine rings is 2. The fourth-order valence-corrected chi connectivity index (χ4v) is 5.86. The Labute approximate surface area is 177 Å². The number of hydroxylamine groups is 4. The summed E-state index contributed by atoms with van der Waals surface area (Å²) in [7, 11) is 4.24. The van der Waals surface area contributed by atoms with E-state index in [2.05, 4.69) is 47.1 Å². The molecule has 2 rings (SSSR count). The van der Waals surface area contributed by atoms with Crippen molar-refractivity contribution in [2.45, 2.75) is 115 Å². The second kappa shape index (κ2) is 7.45. The summed E-state index contributed by atoms with van der Waals surface area (Å²) < 4.78 is 0.595. The van der Waals surface area contributed by atoms with Crippen molar-refractivity contribution >= 4 is 5.91 Å². The maximum Gasteiger partial charge on any atom is 0.275 e. The first kappa shape index (κ1) is 24.5. The van der Waals surface area contributed by atoms with E-state index in [-0.39, 0.29) is 40.1 Å². The van der Waals surface area contributed by atoms with Crippen molar-refractivity contribution in [1.82, 2.24) is 15.4 Å². The number of nitrogens with zero attached hydrogens (tertiary/aromatic N) is 3. The first-order valence-electron chi connectivity index (χ1n) is 10.9. The quantitative estimate of drug-likeness (QED) is 0.618. The van der Waals surface area contributed by atoms with Gasteiger partial charge in [-0.15, -0.1) is 0 Å². The zero-order chi connectivity index (χ0) is 22.6. The summed E-state index contributed by atoms with van der Waals surface area (Å²) in [5, 5.41) is 27.2. The van der Waals surface area contributed by atoms with Crippen LogP contribution in [0.25, 0.3) is 0 Å². The highest BCUT2D eigenvalue weighted by Gasteiger charge is 2.51. The average molecular weight is 414 g/mol. The van der Waals surface area contributed by atoms with Gasteiger partial charge in [0.25, 0.3) is 5.91 Å². The molecule has 2 aliphatic heterocycles. The van der Waals surface area contributed by atoms with Crippen LogP contribution in [0.5, 0.6) is 0 Å². The number of amides is 1. The molecule has 1 amide bonds. The van der Waals surface area contributed by atoms with E-state index in [9.17, 15) is 15.2 Å². The smallest absolute Gasteiger partial charge is 0.275 e. The minimum Gasteiger partial charge on any atom is -0.348 e. The summed E-state index contributed by atoms with van der Waals surface area (Å²) in [6, 6.07) is 0.324. The molecule has 0 aromatic heterocycles. The molecule has 2 saturated heterocycles. The van der Waals surface area contributed by atoms with Crippen LogP contribution in [0.3, 0.4) is 0 Å². The van der Waals surface area contributed by atoms with Crippen LogP contribution in [-0.4, -0.2) is 85.8 Å². The molecule has 0 aromatic carbocycles. The van der Waals surface area contributed by atoms with E-state index in [0.717, 1.165) is 25.7 Å². The fourth-order valence-electron chi connectivity index (χ4n) is 5.86. The van der Waals surface area contributed by atoms with Crippen molar-refractivity contribution in [3.05, 3.63) is 0 Å². The third kappa shape index (κ3) is 5.13. The van der Waals surface area contributed by atoms with E-state index >= 15 is 0 Å². The second-order valence-corrected chi connectivity index (χ2v) is 12.5. The van der Waals surface area contributed by atoms with Crippen LogP contribution < -0.4 is 5.32 Å². The minimum absolute atomic E-state index is 0.0445. The number of carbonyl (C=O) groups excluding carboxylic acids is 1. The highest BCUT2D eigenvalue weighted by Crippen LogP contribution is 2.40. The van der Waals surface area contributed by atoms with E-state index < -0.39 is 0 Å². The minimum atomic E-state index is -0.383. The van der Waals surface area contributed by atoms with Crippen molar-refractivity contribution in [1.29, 1.82) is 0 Å². The van der Waals surface area contributed by atoms with Crippen LogP contribution in [0, 0.1) is 0 Å². The lowest BCUT2D eigenvalue weighted by atomic mass is 9.77. The van der Waals surface area contributed by atoms with Gasteiger partial charge in [-0.1, -0.05) is 0 Å². The lowest BCUT2D eigenvalue weighted by Gasteiger charge is -2.54. The summed E-state index contributed by atoms with van der Waals surface area (Å²) in [5.74, 6) is 0.0556. The summed E-state index contributed by atoms with van der Waals surface area (Å²) in [6.07, 6.45) is 3.09. The Kier molecular flexibility index (Phi) is 6.30. The second-order valence-electron chi connectivity index (χ2n) is 12.5.